The number of benzene rings is 3. The van der Waals surface area contributed by atoms with Gasteiger partial charge in [-0.15, -0.1) is 0 Å². The summed E-state index contributed by atoms with van der Waals surface area (Å²) in [5.41, 5.74) is 6.07. The lowest BCUT2D eigenvalue weighted by Gasteiger charge is -2.29. The van der Waals surface area contributed by atoms with Crippen molar-refractivity contribution in [3.05, 3.63) is 71.8 Å². The maximum absolute atomic E-state index is 2.37. The lowest BCUT2D eigenvalue weighted by Crippen LogP contribution is -2.12. The van der Waals surface area contributed by atoms with Gasteiger partial charge < -0.3 is 0 Å². The fourth-order valence-corrected chi connectivity index (χ4v) is 4.69. The van der Waals surface area contributed by atoms with E-state index in [4.69, 9.17) is 0 Å². The van der Waals surface area contributed by atoms with Crippen LogP contribution in [0.2, 0.25) is 0 Å². The summed E-state index contributed by atoms with van der Waals surface area (Å²) in [6, 6.07) is 22.7. The molecule has 0 heterocycles. The van der Waals surface area contributed by atoms with Crippen LogP contribution in [0.1, 0.15) is 68.9 Å². The molecule has 0 nitrogen and oxygen atoms in total. The van der Waals surface area contributed by atoms with Gasteiger partial charge in [-0.25, -0.2) is 0 Å². The van der Waals surface area contributed by atoms with Crippen molar-refractivity contribution in [2.24, 2.45) is 0 Å². The molecule has 0 radical (unpaired) electrons. The van der Waals surface area contributed by atoms with Crippen LogP contribution in [-0.2, 0) is 6.42 Å². The molecule has 3 aromatic carbocycles. The Kier molecular flexibility index (Phi) is 5.39. The second kappa shape index (κ2) is 8.08. The molecule has 0 N–H and O–H groups in total. The van der Waals surface area contributed by atoms with E-state index in [1.54, 1.807) is 11.1 Å². The zero-order valence-corrected chi connectivity index (χ0v) is 16.0. The zero-order chi connectivity index (χ0) is 17.8. The first-order valence-corrected chi connectivity index (χ1v) is 10.5. The van der Waals surface area contributed by atoms with E-state index >= 15 is 0 Å². The second-order valence-corrected chi connectivity index (χ2v) is 7.86. The molecule has 0 aromatic heterocycles. The second-order valence-electron chi connectivity index (χ2n) is 7.86. The quantitative estimate of drug-likeness (QED) is 0.383. The minimum Gasteiger partial charge on any atom is -0.0654 e. The Balaban J connectivity index is 1.60. The van der Waals surface area contributed by atoms with Crippen molar-refractivity contribution in [1.29, 1.82) is 0 Å². The molecule has 0 bridgehead atoms. The van der Waals surface area contributed by atoms with Crippen LogP contribution in [-0.4, -0.2) is 0 Å². The standard InChI is InChI=1S/C26H30/c1-2-3-4-5-6-7-13-21-19-26-22-14-9-8-12-20(22)17-18-25(26)24-16-11-10-15-23(21)24/h8-12,14-18,21H,2-7,13,19H2,1H3. The van der Waals surface area contributed by atoms with Crippen LogP contribution >= 0.6 is 0 Å². The van der Waals surface area contributed by atoms with Crippen LogP contribution < -0.4 is 0 Å². The molecule has 134 valence electrons. The summed E-state index contributed by atoms with van der Waals surface area (Å²) >= 11 is 0. The molecule has 1 aliphatic carbocycles. The molecule has 3 aromatic rings. The highest BCUT2D eigenvalue weighted by Crippen LogP contribution is 2.44. The van der Waals surface area contributed by atoms with Crippen molar-refractivity contribution in [2.75, 3.05) is 0 Å². The highest BCUT2D eigenvalue weighted by molar-refractivity contribution is 5.93. The lowest BCUT2D eigenvalue weighted by atomic mass is 9.75. The molecule has 4 rings (SSSR count). The maximum atomic E-state index is 2.37. The van der Waals surface area contributed by atoms with Crippen LogP contribution in [0.3, 0.4) is 0 Å². The van der Waals surface area contributed by atoms with E-state index in [2.05, 4.69) is 67.6 Å². The van der Waals surface area contributed by atoms with Gasteiger partial charge in [0.2, 0.25) is 0 Å². The Bertz CT molecular complexity index is 874. The van der Waals surface area contributed by atoms with Gasteiger partial charge in [-0.1, -0.05) is 106 Å². The summed E-state index contributed by atoms with van der Waals surface area (Å²) in [5.74, 6) is 0.677. The van der Waals surface area contributed by atoms with E-state index < -0.39 is 0 Å². The van der Waals surface area contributed by atoms with Gasteiger partial charge in [-0.3, -0.25) is 0 Å². The van der Waals surface area contributed by atoms with Gasteiger partial charge in [0, 0.05) is 0 Å². The molecule has 1 unspecified atom stereocenters. The molecule has 1 aliphatic rings. The predicted octanol–water partition coefficient (Wildman–Crippen LogP) is 7.90. The molecule has 0 saturated heterocycles. The number of fused-ring (bicyclic) bond motifs is 5. The number of hydrogen-bond acceptors (Lipinski definition) is 0. The van der Waals surface area contributed by atoms with E-state index in [0.717, 1.165) is 0 Å². The minimum absolute atomic E-state index is 0.677. The number of hydrogen-bond donors (Lipinski definition) is 0. The maximum Gasteiger partial charge on any atom is -0.0115 e. The molecule has 0 amide bonds. The molecule has 0 spiro atoms. The summed E-state index contributed by atoms with van der Waals surface area (Å²) in [7, 11) is 0. The minimum atomic E-state index is 0.677. The average molecular weight is 343 g/mol. The topological polar surface area (TPSA) is 0 Å². The third-order valence-corrected chi connectivity index (χ3v) is 6.09. The Morgan fingerprint density at radius 2 is 1.50 bits per heavy atom. The zero-order valence-electron chi connectivity index (χ0n) is 16.0. The monoisotopic (exact) mass is 342 g/mol. The SMILES string of the molecule is CCCCCCCCC1Cc2c(ccc3ccccc23)-c2ccccc21. The normalized spacial score (nSPS) is 15.7. The van der Waals surface area contributed by atoms with E-state index in [9.17, 15) is 0 Å². The first kappa shape index (κ1) is 17.3. The Morgan fingerprint density at radius 1 is 0.731 bits per heavy atom. The lowest BCUT2D eigenvalue weighted by molar-refractivity contribution is 0.535. The van der Waals surface area contributed by atoms with Crippen LogP contribution in [0.15, 0.2) is 60.7 Å². The summed E-state index contributed by atoms with van der Waals surface area (Å²) < 4.78 is 0. The smallest absolute Gasteiger partial charge is 0.0115 e. The molecule has 26 heavy (non-hydrogen) atoms. The van der Waals surface area contributed by atoms with E-state index in [1.165, 1.54) is 73.3 Å². The van der Waals surface area contributed by atoms with Gasteiger partial charge in [0.15, 0.2) is 0 Å². The predicted molar refractivity (Wildman–Crippen MR) is 114 cm³/mol. The average Bonchev–Trinajstić information content (AvgIpc) is 2.70. The van der Waals surface area contributed by atoms with E-state index in [-0.39, 0.29) is 0 Å². The first-order valence-electron chi connectivity index (χ1n) is 10.5. The van der Waals surface area contributed by atoms with Gasteiger partial charge in [0.05, 0.1) is 0 Å². The van der Waals surface area contributed by atoms with Crippen molar-refractivity contribution in [2.45, 2.75) is 64.2 Å². The van der Waals surface area contributed by atoms with Crippen molar-refractivity contribution >= 4 is 10.8 Å². The van der Waals surface area contributed by atoms with Gasteiger partial charge >= 0.3 is 0 Å². The van der Waals surface area contributed by atoms with Crippen LogP contribution in [0, 0.1) is 0 Å². The highest BCUT2D eigenvalue weighted by atomic mass is 14.3. The Labute approximate surface area is 158 Å². The largest absolute Gasteiger partial charge is 0.0654 e. The summed E-state index contributed by atoms with van der Waals surface area (Å²) in [6.45, 7) is 2.29. The van der Waals surface area contributed by atoms with Gasteiger partial charge in [0.25, 0.3) is 0 Å². The van der Waals surface area contributed by atoms with Gasteiger partial charge in [-0.2, -0.15) is 0 Å². The van der Waals surface area contributed by atoms with Gasteiger partial charge in [0.1, 0.15) is 0 Å². The van der Waals surface area contributed by atoms with E-state index in [0.29, 0.717) is 5.92 Å². The molecule has 1 atom stereocenters. The van der Waals surface area contributed by atoms with Crippen LogP contribution in [0.5, 0.6) is 0 Å². The fraction of sp³-hybridized carbons (Fsp3) is 0.385. The van der Waals surface area contributed by atoms with Crippen LogP contribution in [0.25, 0.3) is 21.9 Å². The fourth-order valence-electron chi connectivity index (χ4n) is 4.69. The number of rotatable bonds is 7. The van der Waals surface area contributed by atoms with Crippen molar-refractivity contribution in [1.82, 2.24) is 0 Å². The van der Waals surface area contributed by atoms with Crippen molar-refractivity contribution in [3.63, 3.8) is 0 Å². The van der Waals surface area contributed by atoms with Crippen molar-refractivity contribution in [3.8, 4) is 11.1 Å². The third kappa shape index (κ3) is 3.43. The Morgan fingerprint density at radius 3 is 2.42 bits per heavy atom. The molecule has 0 aliphatic heterocycles. The summed E-state index contributed by atoms with van der Waals surface area (Å²) in [6.07, 6.45) is 10.8. The molecular weight excluding hydrogens is 312 g/mol. The van der Waals surface area contributed by atoms with Crippen LogP contribution in [0.4, 0.5) is 0 Å². The highest BCUT2D eigenvalue weighted by Gasteiger charge is 2.25. The summed E-state index contributed by atoms with van der Waals surface area (Å²) in [5, 5.41) is 2.83. The number of unbranched alkanes of at least 4 members (excludes halogenated alkanes) is 5. The molecule has 0 saturated carbocycles. The Hall–Kier alpha value is -2.08. The molecular formula is C26H30. The third-order valence-electron chi connectivity index (χ3n) is 6.09. The molecule has 0 fully saturated rings. The summed E-state index contributed by atoms with van der Waals surface area (Å²) in [4.78, 5) is 0. The first-order chi connectivity index (χ1) is 12.9. The molecule has 0 heteroatoms. The van der Waals surface area contributed by atoms with E-state index in [1.807, 2.05) is 0 Å². The van der Waals surface area contributed by atoms with Crippen molar-refractivity contribution < 1.29 is 0 Å². The van der Waals surface area contributed by atoms with Gasteiger partial charge in [-0.05, 0) is 51.8 Å².